The van der Waals surface area contributed by atoms with Gasteiger partial charge in [-0.3, -0.25) is 9.59 Å². The third-order valence-corrected chi connectivity index (χ3v) is 2.94. The van der Waals surface area contributed by atoms with Gasteiger partial charge in [0.05, 0.1) is 0 Å². The number of hydrogen-bond donors (Lipinski definition) is 2. The van der Waals surface area contributed by atoms with Gasteiger partial charge in [0.15, 0.2) is 0 Å². The summed E-state index contributed by atoms with van der Waals surface area (Å²) in [5, 5.41) is 5.99. The van der Waals surface area contributed by atoms with Gasteiger partial charge in [-0.25, -0.2) is 0 Å². The van der Waals surface area contributed by atoms with E-state index in [1.807, 2.05) is 6.92 Å². The first-order valence-corrected chi connectivity index (χ1v) is 5.91. The minimum atomic E-state index is -0.503. The van der Waals surface area contributed by atoms with Crippen molar-refractivity contribution in [3.05, 3.63) is 0 Å². The number of rotatable bonds is 3. The lowest BCUT2D eigenvalue weighted by molar-refractivity contribution is -0.144. The van der Waals surface area contributed by atoms with Gasteiger partial charge in [0.25, 0.3) is 0 Å². The standard InChI is InChI=1S/C11H21N3O2/c1-3-14(2)11(16)10(15)13-8-9-6-4-5-7-12-9/h9,12H,3-8H2,1-2H3,(H,13,15). The number of nitrogens with zero attached hydrogens (tertiary/aromatic N) is 1. The van der Waals surface area contributed by atoms with Crippen LogP contribution in [0.25, 0.3) is 0 Å². The summed E-state index contributed by atoms with van der Waals surface area (Å²) >= 11 is 0. The predicted octanol–water partition coefficient (Wildman–Crippen LogP) is -0.277. The highest BCUT2D eigenvalue weighted by Gasteiger charge is 2.19. The number of nitrogens with one attached hydrogen (secondary N) is 2. The Morgan fingerprint density at radius 2 is 2.19 bits per heavy atom. The second-order valence-electron chi connectivity index (χ2n) is 4.18. The Bertz CT molecular complexity index is 250. The molecular formula is C11H21N3O2. The third-order valence-electron chi connectivity index (χ3n) is 2.94. The Morgan fingerprint density at radius 1 is 1.44 bits per heavy atom. The van der Waals surface area contributed by atoms with E-state index in [9.17, 15) is 9.59 Å². The predicted molar refractivity (Wildman–Crippen MR) is 62.0 cm³/mol. The number of carbonyl (C=O) groups is 2. The summed E-state index contributed by atoms with van der Waals surface area (Å²) in [6, 6.07) is 0.317. The van der Waals surface area contributed by atoms with E-state index in [2.05, 4.69) is 10.6 Å². The smallest absolute Gasteiger partial charge is 0.311 e. The molecule has 1 saturated heterocycles. The molecule has 0 radical (unpaired) electrons. The van der Waals surface area contributed by atoms with Crippen LogP contribution in [0.2, 0.25) is 0 Å². The number of carbonyl (C=O) groups excluding carboxylic acids is 2. The van der Waals surface area contributed by atoms with Crippen LogP contribution >= 0.6 is 0 Å². The van der Waals surface area contributed by atoms with Crippen LogP contribution in [0.1, 0.15) is 26.2 Å². The fourth-order valence-corrected chi connectivity index (χ4v) is 1.71. The molecule has 0 bridgehead atoms. The Kier molecular flexibility index (Phi) is 5.25. The average molecular weight is 227 g/mol. The molecule has 1 rings (SSSR count). The van der Waals surface area contributed by atoms with Gasteiger partial charge < -0.3 is 15.5 Å². The maximum atomic E-state index is 11.5. The van der Waals surface area contributed by atoms with Crippen LogP contribution in [-0.2, 0) is 9.59 Å². The molecule has 0 aromatic rings. The molecule has 0 saturated carbocycles. The van der Waals surface area contributed by atoms with Crippen molar-refractivity contribution in [3.8, 4) is 0 Å². The minimum absolute atomic E-state index is 0.317. The highest BCUT2D eigenvalue weighted by Crippen LogP contribution is 2.05. The van der Waals surface area contributed by atoms with Gasteiger partial charge in [0.1, 0.15) is 0 Å². The van der Waals surface area contributed by atoms with Gasteiger partial charge in [-0.1, -0.05) is 6.42 Å². The van der Waals surface area contributed by atoms with Crippen molar-refractivity contribution in [3.63, 3.8) is 0 Å². The Hall–Kier alpha value is -1.10. The highest BCUT2D eigenvalue weighted by atomic mass is 16.2. The number of amides is 2. The van der Waals surface area contributed by atoms with E-state index in [4.69, 9.17) is 0 Å². The lowest BCUT2D eigenvalue weighted by Gasteiger charge is -2.23. The second kappa shape index (κ2) is 6.48. The van der Waals surface area contributed by atoms with Gasteiger partial charge >= 0.3 is 11.8 Å². The summed E-state index contributed by atoms with van der Waals surface area (Å²) in [5.41, 5.74) is 0. The maximum Gasteiger partial charge on any atom is 0.311 e. The molecule has 0 spiro atoms. The zero-order valence-electron chi connectivity index (χ0n) is 10.1. The Balaban J connectivity index is 2.25. The van der Waals surface area contributed by atoms with Crippen LogP contribution in [0.5, 0.6) is 0 Å². The quantitative estimate of drug-likeness (QED) is 0.652. The van der Waals surface area contributed by atoms with Gasteiger partial charge in [-0.15, -0.1) is 0 Å². The molecule has 1 aliphatic heterocycles. The highest BCUT2D eigenvalue weighted by molar-refractivity contribution is 6.34. The van der Waals surface area contributed by atoms with Crippen molar-refractivity contribution in [2.45, 2.75) is 32.2 Å². The molecule has 1 heterocycles. The first kappa shape index (κ1) is 13.0. The molecule has 0 aromatic heterocycles. The van der Waals surface area contributed by atoms with Crippen molar-refractivity contribution in [2.75, 3.05) is 26.7 Å². The van der Waals surface area contributed by atoms with Crippen LogP contribution < -0.4 is 10.6 Å². The molecule has 5 nitrogen and oxygen atoms in total. The molecule has 16 heavy (non-hydrogen) atoms. The third kappa shape index (κ3) is 3.81. The van der Waals surface area contributed by atoms with Crippen molar-refractivity contribution >= 4 is 11.8 Å². The van der Waals surface area contributed by atoms with Crippen LogP contribution in [0.4, 0.5) is 0 Å². The largest absolute Gasteiger partial charge is 0.346 e. The SMILES string of the molecule is CCN(C)C(=O)C(=O)NCC1CCCCN1. The topological polar surface area (TPSA) is 61.4 Å². The van der Waals surface area contributed by atoms with E-state index in [1.165, 1.54) is 17.7 Å². The second-order valence-corrected chi connectivity index (χ2v) is 4.18. The summed E-state index contributed by atoms with van der Waals surface area (Å²) in [7, 11) is 1.63. The molecule has 1 atom stereocenters. The molecule has 2 amide bonds. The molecule has 1 aliphatic rings. The molecule has 2 N–H and O–H groups in total. The number of piperidine rings is 1. The summed E-state index contributed by atoms with van der Waals surface area (Å²) in [5.74, 6) is -0.963. The van der Waals surface area contributed by atoms with Gasteiger partial charge in [0.2, 0.25) is 0 Å². The maximum absolute atomic E-state index is 11.5. The lowest BCUT2D eigenvalue weighted by atomic mass is 10.1. The molecule has 0 aliphatic carbocycles. The molecule has 92 valence electrons. The zero-order valence-corrected chi connectivity index (χ0v) is 10.1. The zero-order chi connectivity index (χ0) is 12.0. The molecule has 1 fully saturated rings. The summed E-state index contributed by atoms with van der Waals surface area (Å²) in [4.78, 5) is 24.3. The Morgan fingerprint density at radius 3 is 2.75 bits per heavy atom. The van der Waals surface area contributed by atoms with Crippen molar-refractivity contribution in [2.24, 2.45) is 0 Å². The molecule has 1 unspecified atom stereocenters. The van der Waals surface area contributed by atoms with E-state index in [0.29, 0.717) is 19.1 Å². The van der Waals surface area contributed by atoms with Crippen molar-refractivity contribution < 1.29 is 9.59 Å². The van der Waals surface area contributed by atoms with E-state index in [0.717, 1.165) is 13.0 Å². The van der Waals surface area contributed by atoms with E-state index in [1.54, 1.807) is 7.05 Å². The summed E-state index contributed by atoms with van der Waals surface area (Å²) < 4.78 is 0. The lowest BCUT2D eigenvalue weighted by Crippen LogP contribution is -2.47. The van der Waals surface area contributed by atoms with Crippen LogP contribution in [0.15, 0.2) is 0 Å². The van der Waals surface area contributed by atoms with Gasteiger partial charge in [-0.2, -0.15) is 0 Å². The first-order valence-electron chi connectivity index (χ1n) is 5.91. The number of hydrogen-bond acceptors (Lipinski definition) is 3. The van der Waals surface area contributed by atoms with Crippen molar-refractivity contribution in [1.29, 1.82) is 0 Å². The van der Waals surface area contributed by atoms with Gasteiger partial charge in [-0.05, 0) is 26.3 Å². The molecule has 5 heteroatoms. The minimum Gasteiger partial charge on any atom is -0.346 e. The van der Waals surface area contributed by atoms with Crippen LogP contribution in [-0.4, -0.2) is 49.4 Å². The van der Waals surface area contributed by atoms with Crippen molar-refractivity contribution in [1.82, 2.24) is 15.5 Å². The molecule has 0 aromatic carbocycles. The summed E-state index contributed by atoms with van der Waals surface area (Å²) in [6.07, 6.45) is 3.45. The first-order chi connectivity index (χ1) is 7.65. The number of likely N-dealkylation sites (N-methyl/N-ethyl adjacent to an activating group) is 1. The van der Waals surface area contributed by atoms with Crippen LogP contribution in [0.3, 0.4) is 0 Å². The Labute approximate surface area is 96.6 Å². The van der Waals surface area contributed by atoms with E-state index >= 15 is 0 Å². The normalized spacial score (nSPS) is 20.2. The van der Waals surface area contributed by atoms with Crippen LogP contribution in [0, 0.1) is 0 Å². The fraction of sp³-hybridized carbons (Fsp3) is 0.818. The van der Waals surface area contributed by atoms with E-state index in [-0.39, 0.29) is 0 Å². The average Bonchev–Trinajstić information content (AvgIpc) is 2.35. The fourth-order valence-electron chi connectivity index (χ4n) is 1.71. The summed E-state index contributed by atoms with van der Waals surface area (Å²) in [6.45, 7) is 3.94. The monoisotopic (exact) mass is 227 g/mol. The van der Waals surface area contributed by atoms with Gasteiger partial charge in [0, 0.05) is 26.2 Å². The van der Waals surface area contributed by atoms with E-state index < -0.39 is 11.8 Å². The molecular weight excluding hydrogens is 206 g/mol.